The summed E-state index contributed by atoms with van der Waals surface area (Å²) in [5.74, 6) is 1.89. The van der Waals surface area contributed by atoms with Crippen LogP contribution in [0.3, 0.4) is 0 Å². The normalized spacial score (nSPS) is 10.6. The fraction of sp³-hybridized carbons (Fsp3) is 0. The Morgan fingerprint density at radius 1 is 0.500 bits per heavy atom. The highest BCUT2D eigenvalue weighted by molar-refractivity contribution is 6.31. The first-order chi connectivity index (χ1) is 20.3. The molecule has 2 aromatic heterocycles. The molecule has 0 radical (unpaired) electrons. The maximum atomic E-state index is 9.84. The van der Waals surface area contributed by atoms with Crippen LogP contribution < -0.4 is 9.47 Å². The predicted octanol–water partition coefficient (Wildman–Crippen LogP) is 7.34. The Hall–Kier alpha value is -4.62. The third kappa shape index (κ3) is 6.98. The van der Waals surface area contributed by atoms with E-state index in [1.807, 2.05) is 0 Å². The zero-order chi connectivity index (χ0) is 29.6. The molecule has 6 aromatic rings. The van der Waals surface area contributed by atoms with Crippen molar-refractivity contribution in [3.8, 4) is 57.3 Å². The highest BCUT2D eigenvalue weighted by atomic mass is 35.5. The molecule has 0 aliphatic carbocycles. The van der Waals surface area contributed by atoms with E-state index < -0.39 is 0 Å². The van der Waals surface area contributed by atoms with Crippen LogP contribution >= 0.6 is 46.4 Å². The van der Waals surface area contributed by atoms with Gasteiger partial charge in [-0.25, -0.2) is 0 Å². The van der Waals surface area contributed by atoms with Gasteiger partial charge in [-0.2, -0.15) is 10.4 Å². The number of aromatic amines is 2. The number of hydrogen-bond acceptors (Lipinski definition) is 10. The Balaban J connectivity index is 0.000000168. The number of benzene rings is 4. The highest BCUT2D eigenvalue weighted by Crippen LogP contribution is 2.39. The Morgan fingerprint density at radius 2 is 0.857 bits per heavy atom. The summed E-state index contributed by atoms with van der Waals surface area (Å²) in [6, 6.07) is 19.1. The molecule has 2 heterocycles. The Morgan fingerprint density at radius 3 is 1.19 bits per heavy atom. The molecule has 42 heavy (non-hydrogen) atoms. The minimum absolute atomic E-state index is 0.0727. The minimum atomic E-state index is -0.0727. The molecule has 4 aromatic carbocycles. The summed E-state index contributed by atoms with van der Waals surface area (Å²) in [6.45, 7) is 0. The average molecular weight is 646 g/mol. The fourth-order valence-electron chi connectivity index (χ4n) is 3.47. The van der Waals surface area contributed by atoms with Gasteiger partial charge in [0.15, 0.2) is 23.0 Å². The molecule has 0 saturated heterocycles. The van der Waals surface area contributed by atoms with Crippen LogP contribution in [0.1, 0.15) is 0 Å². The van der Waals surface area contributed by atoms with Crippen LogP contribution in [0.25, 0.3) is 22.8 Å². The van der Waals surface area contributed by atoms with Crippen LogP contribution in [-0.4, -0.2) is 51.5 Å². The molecule has 0 amide bonds. The number of hydrogen-bond donors (Lipinski definition) is 4. The first kappa shape index (κ1) is 28.9. The molecule has 16 heteroatoms. The van der Waals surface area contributed by atoms with Crippen LogP contribution in [0, 0.1) is 0 Å². The van der Waals surface area contributed by atoms with Crippen molar-refractivity contribution in [1.29, 1.82) is 0 Å². The number of phenolic OH excluding ortho intramolecular Hbond substituents is 2. The third-order valence-corrected chi connectivity index (χ3v) is 6.28. The fourth-order valence-corrected chi connectivity index (χ4v) is 4.15. The van der Waals surface area contributed by atoms with E-state index in [1.54, 1.807) is 60.7 Å². The van der Waals surface area contributed by atoms with E-state index in [2.05, 4.69) is 41.2 Å². The standard InChI is InChI=1S/2C13H8Cl2N4O2/c2*14-7-1-3-11(9(5-7)13-16-18-19-17-13)21-12-4-2-8(15)6-10(12)20/h2*1-6,20H,(H,16,17,18,19). The van der Waals surface area contributed by atoms with E-state index in [4.69, 9.17) is 55.9 Å². The van der Waals surface area contributed by atoms with E-state index in [9.17, 15) is 10.2 Å². The Kier molecular flexibility index (Phi) is 8.88. The molecule has 4 N–H and O–H groups in total. The number of ether oxygens (including phenoxy) is 2. The molecule has 0 fully saturated rings. The molecular weight excluding hydrogens is 630 g/mol. The number of tetrazole rings is 2. The van der Waals surface area contributed by atoms with Gasteiger partial charge < -0.3 is 19.7 Å². The molecular formula is C26H16Cl4N8O4. The molecule has 0 unspecified atom stereocenters. The summed E-state index contributed by atoms with van der Waals surface area (Å²) in [6.07, 6.45) is 0. The van der Waals surface area contributed by atoms with Crippen LogP contribution in [0.4, 0.5) is 0 Å². The second-order valence-corrected chi connectivity index (χ2v) is 9.93. The van der Waals surface area contributed by atoms with Gasteiger partial charge in [0.05, 0.1) is 11.1 Å². The zero-order valence-electron chi connectivity index (χ0n) is 20.8. The summed E-state index contributed by atoms with van der Waals surface area (Å²) in [5.41, 5.74) is 1.09. The van der Waals surface area contributed by atoms with Crippen LogP contribution in [0.5, 0.6) is 34.5 Å². The van der Waals surface area contributed by atoms with Crippen molar-refractivity contribution in [2.75, 3.05) is 0 Å². The summed E-state index contributed by atoms with van der Waals surface area (Å²) >= 11 is 23.5. The molecule has 12 nitrogen and oxygen atoms in total. The summed E-state index contributed by atoms with van der Waals surface area (Å²) in [5, 5.41) is 48.8. The average Bonchev–Trinajstić information content (AvgIpc) is 3.69. The maximum Gasteiger partial charge on any atom is 0.208 e. The molecule has 0 aliphatic rings. The number of H-pyrrole nitrogens is 2. The topological polar surface area (TPSA) is 168 Å². The van der Waals surface area contributed by atoms with Gasteiger partial charge in [0.2, 0.25) is 11.6 Å². The quantitative estimate of drug-likeness (QED) is 0.144. The lowest BCUT2D eigenvalue weighted by molar-refractivity contribution is 0.412. The van der Waals surface area contributed by atoms with Gasteiger partial charge in [0.25, 0.3) is 0 Å². The number of nitrogens with one attached hydrogen (secondary N) is 2. The summed E-state index contributed by atoms with van der Waals surface area (Å²) < 4.78 is 11.4. The van der Waals surface area contributed by atoms with Crippen LogP contribution in [0.15, 0.2) is 72.8 Å². The van der Waals surface area contributed by atoms with Crippen molar-refractivity contribution in [3.05, 3.63) is 92.9 Å². The molecule has 212 valence electrons. The summed E-state index contributed by atoms with van der Waals surface area (Å²) in [4.78, 5) is 0. The lowest BCUT2D eigenvalue weighted by Crippen LogP contribution is -1.90. The van der Waals surface area contributed by atoms with Crippen molar-refractivity contribution in [2.45, 2.75) is 0 Å². The highest BCUT2D eigenvalue weighted by Gasteiger charge is 2.15. The van der Waals surface area contributed by atoms with Gasteiger partial charge in [0, 0.05) is 32.2 Å². The second kappa shape index (κ2) is 12.9. The monoisotopic (exact) mass is 644 g/mol. The van der Waals surface area contributed by atoms with E-state index in [0.717, 1.165) is 0 Å². The summed E-state index contributed by atoms with van der Waals surface area (Å²) in [7, 11) is 0. The van der Waals surface area contributed by atoms with Crippen LogP contribution in [0.2, 0.25) is 20.1 Å². The van der Waals surface area contributed by atoms with Gasteiger partial charge in [-0.1, -0.05) is 46.4 Å². The SMILES string of the molecule is Oc1cc(Cl)ccc1Oc1ccc(Cl)cc1-c1nn[nH]n1.Oc1cc(Cl)ccc1Oc1ccc(Cl)cc1-c1nn[nH]n1. The molecule has 0 spiro atoms. The Labute approximate surface area is 256 Å². The van der Waals surface area contributed by atoms with Crippen molar-refractivity contribution in [3.63, 3.8) is 0 Å². The van der Waals surface area contributed by atoms with Crippen LogP contribution in [-0.2, 0) is 0 Å². The molecule has 0 bridgehead atoms. The lowest BCUT2D eigenvalue weighted by atomic mass is 10.2. The van der Waals surface area contributed by atoms with Gasteiger partial charge in [-0.05, 0) is 71.1 Å². The van der Waals surface area contributed by atoms with Gasteiger partial charge in [-0.15, -0.1) is 20.4 Å². The third-order valence-electron chi connectivity index (χ3n) is 5.34. The van der Waals surface area contributed by atoms with Crippen molar-refractivity contribution in [2.24, 2.45) is 0 Å². The first-order valence-corrected chi connectivity index (χ1v) is 13.2. The van der Waals surface area contributed by atoms with E-state index in [1.165, 1.54) is 12.1 Å². The number of aromatic hydroxyl groups is 2. The maximum absolute atomic E-state index is 9.84. The van der Waals surface area contributed by atoms with E-state index >= 15 is 0 Å². The number of phenols is 2. The Bertz CT molecular complexity index is 1690. The number of rotatable bonds is 6. The lowest BCUT2D eigenvalue weighted by Gasteiger charge is -2.11. The number of halogens is 4. The van der Waals surface area contributed by atoms with Crippen molar-refractivity contribution < 1.29 is 19.7 Å². The van der Waals surface area contributed by atoms with Gasteiger partial charge >= 0.3 is 0 Å². The minimum Gasteiger partial charge on any atom is -0.504 e. The van der Waals surface area contributed by atoms with Gasteiger partial charge in [0.1, 0.15) is 11.5 Å². The largest absolute Gasteiger partial charge is 0.504 e. The molecule has 0 atom stereocenters. The van der Waals surface area contributed by atoms with Crippen molar-refractivity contribution in [1.82, 2.24) is 41.2 Å². The van der Waals surface area contributed by atoms with E-state index in [-0.39, 0.29) is 23.0 Å². The number of aromatic nitrogens is 8. The number of nitrogens with zero attached hydrogens (tertiary/aromatic N) is 6. The van der Waals surface area contributed by atoms with E-state index in [0.29, 0.717) is 54.4 Å². The molecule has 0 saturated carbocycles. The predicted molar refractivity (Wildman–Crippen MR) is 156 cm³/mol. The van der Waals surface area contributed by atoms with Gasteiger partial charge in [-0.3, -0.25) is 0 Å². The first-order valence-electron chi connectivity index (χ1n) is 11.7. The molecule has 0 aliphatic heterocycles. The zero-order valence-corrected chi connectivity index (χ0v) is 23.9. The van der Waals surface area contributed by atoms with Crippen molar-refractivity contribution >= 4 is 46.4 Å². The smallest absolute Gasteiger partial charge is 0.208 e. The molecule has 6 rings (SSSR count). The second-order valence-electron chi connectivity index (χ2n) is 8.18.